The minimum atomic E-state index is -3.73. The zero-order chi connectivity index (χ0) is 21.5. The molecule has 0 atom stereocenters. The van der Waals surface area contributed by atoms with E-state index in [9.17, 15) is 22.4 Å². The lowest BCUT2D eigenvalue weighted by molar-refractivity contribution is -0.120. The topological polar surface area (TPSA) is 110 Å². The molecule has 160 valence electrons. The summed E-state index contributed by atoms with van der Waals surface area (Å²) < 4.78 is 39.8. The molecule has 2 heterocycles. The van der Waals surface area contributed by atoms with Crippen LogP contribution in [-0.4, -0.2) is 37.6 Å². The van der Waals surface area contributed by atoms with Gasteiger partial charge in [-0.25, -0.2) is 12.8 Å². The van der Waals surface area contributed by atoms with E-state index in [4.69, 9.17) is 5.73 Å². The van der Waals surface area contributed by atoms with Crippen LogP contribution in [0.3, 0.4) is 0 Å². The number of benzene rings is 1. The highest BCUT2D eigenvalue weighted by atomic mass is 32.2. The first-order chi connectivity index (χ1) is 14.3. The average molecular weight is 452 g/mol. The second kappa shape index (κ2) is 8.09. The molecule has 1 aromatic carbocycles. The number of nitrogens with one attached hydrogen (secondary N) is 1. The molecule has 3 N–H and O–H groups in total. The van der Waals surface area contributed by atoms with E-state index in [-0.39, 0.29) is 29.8 Å². The van der Waals surface area contributed by atoms with Crippen LogP contribution >= 0.6 is 11.3 Å². The van der Waals surface area contributed by atoms with Gasteiger partial charge in [-0.15, -0.1) is 11.3 Å². The Bertz CT molecular complexity index is 1090. The molecule has 1 saturated heterocycles. The molecule has 7 nitrogen and oxygen atoms in total. The lowest BCUT2D eigenvalue weighted by atomic mass is 9.97. The maximum absolute atomic E-state index is 13.1. The smallest absolute Gasteiger partial charge is 0.251 e. The Morgan fingerprint density at radius 1 is 1.13 bits per heavy atom. The summed E-state index contributed by atoms with van der Waals surface area (Å²) in [5.74, 6) is -1.62. The summed E-state index contributed by atoms with van der Waals surface area (Å²) in [5, 5.41) is 3.35. The van der Waals surface area contributed by atoms with Gasteiger partial charge in [-0.3, -0.25) is 9.59 Å². The van der Waals surface area contributed by atoms with Crippen molar-refractivity contribution in [1.82, 2.24) is 4.31 Å². The molecule has 10 heteroatoms. The number of carbonyl (C=O) groups excluding carboxylic acids is 2. The molecule has 2 aliphatic rings. The number of nitrogens with two attached hydrogens (primary N) is 1. The summed E-state index contributed by atoms with van der Waals surface area (Å²) >= 11 is 1.40. The number of carbonyl (C=O) groups is 2. The van der Waals surface area contributed by atoms with Gasteiger partial charge in [-0.2, -0.15) is 4.31 Å². The summed E-state index contributed by atoms with van der Waals surface area (Å²) in [6, 6.07) is 4.71. The van der Waals surface area contributed by atoms with E-state index in [0.717, 1.165) is 41.8 Å². The number of hydrogen-bond donors (Lipinski definition) is 2. The maximum Gasteiger partial charge on any atom is 0.251 e. The first-order valence-electron chi connectivity index (χ1n) is 9.78. The average Bonchev–Trinajstić information content (AvgIpc) is 3.29. The number of sulfonamides is 1. The second-order valence-corrected chi connectivity index (χ2v) is 10.6. The number of thiophene rings is 1. The van der Waals surface area contributed by atoms with Crippen molar-refractivity contribution in [3.63, 3.8) is 0 Å². The van der Waals surface area contributed by atoms with Crippen molar-refractivity contribution in [3.05, 3.63) is 46.1 Å². The fourth-order valence-electron chi connectivity index (χ4n) is 4.08. The van der Waals surface area contributed by atoms with Crippen molar-refractivity contribution in [2.24, 2.45) is 11.7 Å². The lowest BCUT2D eigenvalue weighted by Crippen LogP contribution is -2.41. The Hall–Kier alpha value is -2.30. The first-order valence-corrected chi connectivity index (χ1v) is 12.0. The van der Waals surface area contributed by atoms with Crippen LogP contribution < -0.4 is 11.1 Å². The number of halogens is 1. The summed E-state index contributed by atoms with van der Waals surface area (Å²) in [6.45, 7) is 0.392. The summed E-state index contributed by atoms with van der Waals surface area (Å²) in [6.07, 6.45) is 3.39. The van der Waals surface area contributed by atoms with Gasteiger partial charge in [0.05, 0.1) is 10.5 Å². The van der Waals surface area contributed by atoms with Gasteiger partial charge in [0, 0.05) is 23.9 Å². The molecular formula is C20H22FN3O4S2. The fourth-order valence-corrected chi connectivity index (χ4v) is 6.85. The van der Waals surface area contributed by atoms with Crippen molar-refractivity contribution < 1.29 is 22.4 Å². The highest BCUT2D eigenvalue weighted by Crippen LogP contribution is 2.39. The Morgan fingerprint density at radius 3 is 2.43 bits per heavy atom. The minimum absolute atomic E-state index is 0.0333. The molecule has 0 spiro atoms. The van der Waals surface area contributed by atoms with Gasteiger partial charge >= 0.3 is 0 Å². The van der Waals surface area contributed by atoms with Crippen LogP contribution in [0.5, 0.6) is 0 Å². The van der Waals surface area contributed by atoms with E-state index in [1.807, 2.05) is 0 Å². The van der Waals surface area contributed by atoms with Crippen molar-refractivity contribution >= 4 is 38.2 Å². The molecule has 1 aliphatic carbocycles. The predicted octanol–water partition coefficient (Wildman–Crippen LogP) is 2.51. The Kier molecular flexibility index (Phi) is 5.65. The third-order valence-corrected chi connectivity index (χ3v) is 8.80. The molecule has 1 fully saturated rings. The van der Waals surface area contributed by atoms with Gasteiger partial charge in [0.15, 0.2) is 0 Å². The minimum Gasteiger partial charge on any atom is -0.365 e. The molecule has 0 saturated carbocycles. The molecule has 4 rings (SSSR count). The molecule has 2 aromatic rings. The fraction of sp³-hybridized carbons (Fsp3) is 0.400. The molecule has 2 amide bonds. The van der Waals surface area contributed by atoms with Crippen molar-refractivity contribution in [3.8, 4) is 0 Å². The number of nitrogens with zero attached hydrogens (tertiary/aromatic N) is 1. The molecule has 0 radical (unpaired) electrons. The van der Waals surface area contributed by atoms with Crippen LogP contribution in [0.1, 0.15) is 40.1 Å². The number of primary amides is 1. The van der Waals surface area contributed by atoms with E-state index in [1.165, 1.54) is 27.8 Å². The highest BCUT2D eigenvalue weighted by molar-refractivity contribution is 7.89. The van der Waals surface area contributed by atoms with Crippen LogP contribution in [0.4, 0.5) is 9.39 Å². The molecule has 0 bridgehead atoms. The summed E-state index contributed by atoms with van der Waals surface area (Å²) in [7, 11) is -3.73. The van der Waals surface area contributed by atoms with Gasteiger partial charge < -0.3 is 11.1 Å². The Balaban J connectivity index is 1.42. The van der Waals surface area contributed by atoms with Gasteiger partial charge in [-0.1, -0.05) is 0 Å². The van der Waals surface area contributed by atoms with Crippen LogP contribution in [0.25, 0.3) is 0 Å². The third-order valence-electron chi connectivity index (χ3n) is 5.68. The second-order valence-electron chi connectivity index (χ2n) is 7.55. The zero-order valence-corrected chi connectivity index (χ0v) is 17.8. The lowest BCUT2D eigenvalue weighted by Gasteiger charge is -2.30. The van der Waals surface area contributed by atoms with Gasteiger partial charge in [0.2, 0.25) is 15.9 Å². The van der Waals surface area contributed by atoms with Crippen LogP contribution in [0.15, 0.2) is 29.2 Å². The molecule has 1 aliphatic heterocycles. The zero-order valence-electron chi connectivity index (χ0n) is 16.2. The van der Waals surface area contributed by atoms with Crippen LogP contribution in [0.2, 0.25) is 0 Å². The number of piperidine rings is 1. The number of amides is 2. The standard InChI is InChI=1S/C20H22FN3O4S2/c21-13-4-6-14(7-5-13)30(27,28)24-10-8-12(9-11-24)19(26)23-20-17(18(22)25)15-2-1-3-16(15)29-20/h4-7,12H,1-3,8-11H2,(H2,22,25)(H,23,26). The van der Waals surface area contributed by atoms with E-state index in [0.29, 0.717) is 23.4 Å². The molecule has 1 aromatic heterocycles. The predicted molar refractivity (Wildman–Crippen MR) is 111 cm³/mol. The number of anilines is 1. The van der Waals surface area contributed by atoms with Gasteiger partial charge in [-0.05, 0) is 61.9 Å². The number of hydrogen-bond acceptors (Lipinski definition) is 5. The van der Waals surface area contributed by atoms with E-state index in [2.05, 4.69) is 5.32 Å². The quantitative estimate of drug-likeness (QED) is 0.728. The van der Waals surface area contributed by atoms with Gasteiger partial charge in [0.1, 0.15) is 10.8 Å². The number of aryl methyl sites for hydroxylation is 1. The van der Waals surface area contributed by atoms with E-state index in [1.54, 1.807) is 0 Å². The maximum atomic E-state index is 13.1. The molecule has 0 unspecified atom stereocenters. The van der Waals surface area contributed by atoms with Crippen molar-refractivity contribution in [2.75, 3.05) is 18.4 Å². The van der Waals surface area contributed by atoms with E-state index >= 15 is 0 Å². The number of fused-ring (bicyclic) bond motifs is 1. The summed E-state index contributed by atoms with van der Waals surface area (Å²) in [4.78, 5) is 25.8. The SMILES string of the molecule is NC(=O)c1c(NC(=O)C2CCN(S(=O)(=O)c3ccc(F)cc3)CC2)sc2c1CCC2. The van der Waals surface area contributed by atoms with Crippen LogP contribution in [0, 0.1) is 11.7 Å². The van der Waals surface area contributed by atoms with Crippen molar-refractivity contribution in [2.45, 2.75) is 37.0 Å². The Labute approximate surface area is 178 Å². The normalized spacial score (nSPS) is 17.6. The first kappa shape index (κ1) is 21.0. The van der Waals surface area contributed by atoms with Crippen LogP contribution in [-0.2, 0) is 27.7 Å². The third kappa shape index (κ3) is 3.86. The van der Waals surface area contributed by atoms with E-state index < -0.39 is 21.7 Å². The Morgan fingerprint density at radius 2 is 1.80 bits per heavy atom. The molecule has 30 heavy (non-hydrogen) atoms. The highest BCUT2D eigenvalue weighted by Gasteiger charge is 2.33. The summed E-state index contributed by atoms with van der Waals surface area (Å²) in [5.41, 5.74) is 6.90. The van der Waals surface area contributed by atoms with Gasteiger partial charge in [0.25, 0.3) is 5.91 Å². The molecular weight excluding hydrogens is 429 g/mol. The number of rotatable bonds is 5. The largest absolute Gasteiger partial charge is 0.365 e. The monoisotopic (exact) mass is 451 g/mol. The van der Waals surface area contributed by atoms with Crippen molar-refractivity contribution in [1.29, 1.82) is 0 Å².